The largest absolute Gasteiger partial charge is 0.244 e. The molecule has 0 radical (unpaired) electrons. The molecule has 1 saturated heterocycles. The second kappa shape index (κ2) is 4.53. The Labute approximate surface area is 111 Å². The molecule has 1 N–H and O–H groups in total. The lowest BCUT2D eigenvalue weighted by molar-refractivity contribution is 0.458. The fourth-order valence-corrected chi connectivity index (χ4v) is 5.83. The van der Waals surface area contributed by atoms with Gasteiger partial charge < -0.3 is 0 Å². The molecule has 2 rings (SSSR count). The van der Waals surface area contributed by atoms with Gasteiger partial charge in [0.25, 0.3) is 0 Å². The number of halogens is 1. The zero-order valence-corrected chi connectivity index (χ0v) is 11.9. The van der Waals surface area contributed by atoms with Crippen molar-refractivity contribution < 1.29 is 21.2 Å². The number of hydrogen-bond acceptors (Lipinski definition) is 4. The summed E-state index contributed by atoms with van der Waals surface area (Å²) in [7, 11) is -7.31. The number of sulfone groups is 1. The van der Waals surface area contributed by atoms with Gasteiger partial charge in [-0.05, 0) is 25.5 Å². The zero-order chi connectivity index (χ0) is 14.3. The first-order chi connectivity index (χ1) is 8.64. The van der Waals surface area contributed by atoms with Crippen molar-refractivity contribution in [1.29, 1.82) is 0 Å². The van der Waals surface area contributed by atoms with Crippen LogP contribution in [-0.4, -0.2) is 33.9 Å². The van der Waals surface area contributed by atoms with E-state index in [2.05, 4.69) is 4.72 Å². The van der Waals surface area contributed by atoms with Crippen LogP contribution in [0.5, 0.6) is 0 Å². The predicted molar refractivity (Wildman–Crippen MR) is 68.4 cm³/mol. The second-order valence-electron chi connectivity index (χ2n) is 4.94. The maximum Gasteiger partial charge on any atom is 0.244 e. The molecule has 0 spiro atoms. The van der Waals surface area contributed by atoms with Crippen molar-refractivity contribution in [1.82, 2.24) is 4.72 Å². The quantitative estimate of drug-likeness (QED) is 0.890. The van der Waals surface area contributed by atoms with E-state index < -0.39 is 36.1 Å². The Morgan fingerprint density at radius 2 is 1.95 bits per heavy atom. The van der Waals surface area contributed by atoms with Crippen molar-refractivity contribution in [3.8, 4) is 0 Å². The molecule has 1 aromatic carbocycles. The first-order valence-corrected chi connectivity index (χ1v) is 8.93. The van der Waals surface area contributed by atoms with Gasteiger partial charge in [0.1, 0.15) is 10.7 Å². The van der Waals surface area contributed by atoms with Crippen molar-refractivity contribution in [2.45, 2.75) is 23.8 Å². The summed E-state index contributed by atoms with van der Waals surface area (Å²) in [6.07, 6.45) is 0.184. The van der Waals surface area contributed by atoms with Gasteiger partial charge in [0, 0.05) is 5.54 Å². The summed E-state index contributed by atoms with van der Waals surface area (Å²) < 4.78 is 62.8. The lowest BCUT2D eigenvalue weighted by atomic mass is 10.0. The standard InChI is InChI=1S/C11H14FNO4S2/c1-11(6-7-18(14,15)8-11)13-19(16,17)10-5-3-2-4-9(10)12/h2-5,13H,6-8H2,1H3. The molecule has 1 atom stereocenters. The summed E-state index contributed by atoms with van der Waals surface area (Å²) in [6, 6.07) is 4.98. The molecule has 8 heteroatoms. The van der Waals surface area contributed by atoms with E-state index in [1.165, 1.54) is 19.1 Å². The Kier molecular flexibility index (Phi) is 3.44. The van der Waals surface area contributed by atoms with Crippen LogP contribution in [0.3, 0.4) is 0 Å². The molecule has 1 aliphatic heterocycles. The van der Waals surface area contributed by atoms with Gasteiger partial charge in [0.2, 0.25) is 10.0 Å². The molecule has 1 fully saturated rings. The lowest BCUT2D eigenvalue weighted by Crippen LogP contribution is -2.46. The molecule has 19 heavy (non-hydrogen) atoms. The fraction of sp³-hybridized carbons (Fsp3) is 0.455. The van der Waals surface area contributed by atoms with Crippen LogP contribution in [0.25, 0.3) is 0 Å². The van der Waals surface area contributed by atoms with Crippen LogP contribution in [0, 0.1) is 5.82 Å². The van der Waals surface area contributed by atoms with Crippen LogP contribution in [0.1, 0.15) is 13.3 Å². The van der Waals surface area contributed by atoms with E-state index in [0.29, 0.717) is 0 Å². The zero-order valence-electron chi connectivity index (χ0n) is 10.3. The SMILES string of the molecule is CC1(NS(=O)(=O)c2ccccc2F)CCS(=O)(=O)C1. The molecule has 0 bridgehead atoms. The van der Waals surface area contributed by atoms with Gasteiger partial charge in [-0.15, -0.1) is 0 Å². The highest BCUT2D eigenvalue weighted by Gasteiger charge is 2.41. The summed E-state index contributed by atoms with van der Waals surface area (Å²) >= 11 is 0. The smallest absolute Gasteiger partial charge is 0.229 e. The van der Waals surface area contributed by atoms with E-state index in [1.807, 2.05) is 0 Å². The lowest BCUT2D eigenvalue weighted by Gasteiger charge is -2.23. The number of sulfonamides is 1. The molecule has 1 unspecified atom stereocenters. The van der Waals surface area contributed by atoms with Crippen molar-refractivity contribution in [2.75, 3.05) is 11.5 Å². The third-order valence-corrected chi connectivity index (χ3v) is 6.58. The monoisotopic (exact) mass is 307 g/mol. The van der Waals surface area contributed by atoms with Gasteiger partial charge in [-0.3, -0.25) is 0 Å². The van der Waals surface area contributed by atoms with E-state index in [-0.39, 0.29) is 17.9 Å². The van der Waals surface area contributed by atoms with E-state index in [1.54, 1.807) is 0 Å². The number of rotatable bonds is 3. The third kappa shape index (κ3) is 3.13. The van der Waals surface area contributed by atoms with Gasteiger partial charge in [0.15, 0.2) is 9.84 Å². The van der Waals surface area contributed by atoms with Crippen LogP contribution in [0.2, 0.25) is 0 Å². The predicted octanol–water partition coefficient (Wildman–Crippen LogP) is 0.681. The Morgan fingerprint density at radius 1 is 1.32 bits per heavy atom. The molecule has 0 saturated carbocycles. The Morgan fingerprint density at radius 3 is 2.47 bits per heavy atom. The minimum atomic E-state index is -4.07. The average Bonchev–Trinajstić information content (AvgIpc) is 2.52. The molecule has 5 nitrogen and oxygen atoms in total. The number of hydrogen-bond donors (Lipinski definition) is 1. The van der Waals surface area contributed by atoms with Crippen LogP contribution in [0.4, 0.5) is 4.39 Å². The normalized spacial score (nSPS) is 26.4. The highest BCUT2D eigenvalue weighted by Crippen LogP contribution is 2.25. The highest BCUT2D eigenvalue weighted by atomic mass is 32.2. The van der Waals surface area contributed by atoms with Crippen molar-refractivity contribution in [2.24, 2.45) is 0 Å². The van der Waals surface area contributed by atoms with E-state index in [9.17, 15) is 21.2 Å². The van der Waals surface area contributed by atoms with Crippen molar-refractivity contribution >= 4 is 19.9 Å². The maximum absolute atomic E-state index is 13.5. The van der Waals surface area contributed by atoms with Gasteiger partial charge in [-0.2, -0.15) is 0 Å². The highest BCUT2D eigenvalue weighted by molar-refractivity contribution is 7.92. The fourth-order valence-electron chi connectivity index (χ4n) is 2.13. The summed E-state index contributed by atoms with van der Waals surface area (Å²) in [5.74, 6) is -1.20. The molecule has 1 heterocycles. The van der Waals surface area contributed by atoms with Gasteiger partial charge in [-0.25, -0.2) is 25.9 Å². The number of benzene rings is 1. The minimum Gasteiger partial charge on any atom is -0.229 e. The van der Waals surface area contributed by atoms with Crippen LogP contribution in [-0.2, 0) is 19.9 Å². The third-order valence-electron chi connectivity index (χ3n) is 3.01. The van der Waals surface area contributed by atoms with Gasteiger partial charge in [0.05, 0.1) is 11.5 Å². The first-order valence-electron chi connectivity index (χ1n) is 5.63. The van der Waals surface area contributed by atoms with Crippen LogP contribution < -0.4 is 4.72 Å². The Hall–Kier alpha value is -0.990. The Balaban J connectivity index is 2.31. The van der Waals surface area contributed by atoms with Crippen molar-refractivity contribution in [3.05, 3.63) is 30.1 Å². The molecule has 0 amide bonds. The van der Waals surface area contributed by atoms with Crippen LogP contribution in [0.15, 0.2) is 29.2 Å². The van der Waals surface area contributed by atoms with E-state index in [0.717, 1.165) is 12.1 Å². The number of nitrogens with one attached hydrogen (secondary N) is 1. The topological polar surface area (TPSA) is 80.3 Å². The second-order valence-corrected chi connectivity index (χ2v) is 8.77. The van der Waals surface area contributed by atoms with Gasteiger partial charge in [-0.1, -0.05) is 12.1 Å². The summed E-state index contributed by atoms with van der Waals surface area (Å²) in [5, 5.41) is 0. The average molecular weight is 307 g/mol. The summed E-state index contributed by atoms with van der Waals surface area (Å²) in [5.41, 5.74) is -1.08. The molecular weight excluding hydrogens is 293 g/mol. The van der Waals surface area contributed by atoms with E-state index >= 15 is 0 Å². The molecule has 1 aliphatic rings. The molecular formula is C11H14FNO4S2. The van der Waals surface area contributed by atoms with Gasteiger partial charge >= 0.3 is 0 Å². The maximum atomic E-state index is 13.5. The van der Waals surface area contributed by atoms with E-state index in [4.69, 9.17) is 0 Å². The molecule has 1 aromatic rings. The van der Waals surface area contributed by atoms with Crippen LogP contribution >= 0.6 is 0 Å². The van der Waals surface area contributed by atoms with Crippen molar-refractivity contribution in [3.63, 3.8) is 0 Å². The molecule has 0 aliphatic carbocycles. The first kappa shape index (κ1) is 14.4. The minimum absolute atomic E-state index is 0.0662. The Bertz CT molecular complexity index is 699. The molecule has 106 valence electrons. The summed E-state index contributed by atoms with van der Waals surface area (Å²) in [4.78, 5) is -0.472. The molecule has 0 aromatic heterocycles. The summed E-state index contributed by atoms with van der Waals surface area (Å²) in [6.45, 7) is 1.51.